The summed E-state index contributed by atoms with van der Waals surface area (Å²) in [5.41, 5.74) is 4.30. The molecule has 0 radical (unpaired) electrons. The van der Waals surface area contributed by atoms with Gasteiger partial charge in [0.05, 0.1) is 6.61 Å². The quantitative estimate of drug-likeness (QED) is 0.387. The van der Waals surface area contributed by atoms with Crippen LogP contribution in [0.4, 0.5) is 10.2 Å². The number of aromatic nitrogens is 2. The second-order valence-electron chi connectivity index (χ2n) is 12.5. The second kappa shape index (κ2) is 9.27. The van der Waals surface area contributed by atoms with Crippen LogP contribution in [0.1, 0.15) is 54.7 Å². The first kappa shape index (κ1) is 28.9. The van der Waals surface area contributed by atoms with Crippen molar-refractivity contribution in [3.05, 3.63) is 34.9 Å². The molecule has 10 heteroatoms. The van der Waals surface area contributed by atoms with Crippen LogP contribution in [0.15, 0.2) is 29.2 Å². The van der Waals surface area contributed by atoms with Crippen molar-refractivity contribution in [2.24, 2.45) is 0 Å². The molecule has 0 bridgehead atoms. The van der Waals surface area contributed by atoms with Gasteiger partial charge in [-0.15, -0.1) is 0 Å². The summed E-state index contributed by atoms with van der Waals surface area (Å²) in [6.07, 6.45) is -2.47. The van der Waals surface area contributed by atoms with E-state index in [-0.39, 0.29) is 22.5 Å². The summed E-state index contributed by atoms with van der Waals surface area (Å²) in [6, 6.07) is 1.45. The van der Waals surface area contributed by atoms with Crippen LogP contribution in [0.3, 0.4) is 0 Å². The van der Waals surface area contributed by atoms with Crippen LogP contribution in [0.5, 0.6) is 0 Å². The monoisotopic (exact) mass is 513 g/mol. The second-order valence-corrected chi connectivity index (χ2v) is 22.1. The number of nitrogen functional groups attached to an aromatic ring is 1. The lowest BCUT2D eigenvalue weighted by molar-refractivity contribution is -0.100. The van der Waals surface area contributed by atoms with Gasteiger partial charge in [-0.25, -0.2) is 9.18 Å². The van der Waals surface area contributed by atoms with Gasteiger partial charge in [0.15, 0.2) is 29.0 Å². The Balaban J connectivity index is 2.61. The van der Waals surface area contributed by atoms with Crippen LogP contribution in [0.2, 0.25) is 36.3 Å². The largest absolute Gasteiger partial charge is 0.413 e. The smallest absolute Gasteiger partial charge is 0.351 e. The van der Waals surface area contributed by atoms with Crippen molar-refractivity contribution in [3.8, 4) is 0 Å². The Labute approximate surface area is 206 Å². The molecule has 1 aromatic heterocycles. The van der Waals surface area contributed by atoms with Gasteiger partial charge >= 0.3 is 5.69 Å². The van der Waals surface area contributed by atoms with E-state index in [1.54, 1.807) is 6.92 Å². The number of ether oxygens (including phenoxy) is 1. The van der Waals surface area contributed by atoms with Crippen molar-refractivity contribution in [2.75, 3.05) is 12.3 Å². The molecule has 7 nitrogen and oxygen atoms in total. The summed E-state index contributed by atoms with van der Waals surface area (Å²) >= 11 is 0. The van der Waals surface area contributed by atoms with E-state index in [1.807, 2.05) is 0 Å². The molecule has 0 aliphatic carbocycles. The summed E-state index contributed by atoms with van der Waals surface area (Å²) in [4.78, 5) is 16.4. The summed E-state index contributed by atoms with van der Waals surface area (Å²) < 4.78 is 37.1. The molecule has 1 aromatic rings. The standard InChI is InChI=1S/C24H44FN3O4Si2/c1-16(2)24(15-30-33(9,10)22(3,4)5)19(32-34(11,12)23(6,7)8)18(25)20(31-24)28-14-13-17(26)27-21(28)29/h13-14,18-20H,1,15H2,2-12H3,(H2,26,27,29)/t18-,19?,20-,24+/m1/s1. The summed E-state index contributed by atoms with van der Waals surface area (Å²) in [5, 5.41) is -0.213. The summed E-state index contributed by atoms with van der Waals surface area (Å²) in [6.45, 7) is 27.2. The van der Waals surface area contributed by atoms with Crippen LogP contribution in [0.25, 0.3) is 0 Å². The van der Waals surface area contributed by atoms with Crippen LogP contribution >= 0.6 is 0 Å². The Bertz CT molecular complexity index is 968. The van der Waals surface area contributed by atoms with Gasteiger partial charge in [0.2, 0.25) is 0 Å². The molecular formula is C24H44FN3O4Si2. The molecule has 0 spiro atoms. The molecule has 34 heavy (non-hydrogen) atoms. The van der Waals surface area contributed by atoms with E-state index < -0.39 is 46.4 Å². The Morgan fingerprint density at radius 1 is 1.21 bits per heavy atom. The van der Waals surface area contributed by atoms with Gasteiger partial charge in [0, 0.05) is 6.20 Å². The number of hydrogen-bond acceptors (Lipinski definition) is 6. The number of nitrogens with zero attached hydrogens (tertiary/aromatic N) is 2. The molecule has 1 fully saturated rings. The third-order valence-electron chi connectivity index (χ3n) is 7.88. The lowest BCUT2D eigenvalue weighted by Gasteiger charge is -2.45. The van der Waals surface area contributed by atoms with Crippen molar-refractivity contribution in [3.63, 3.8) is 0 Å². The zero-order valence-corrected chi connectivity index (χ0v) is 24.8. The average Bonchev–Trinajstić information content (AvgIpc) is 2.91. The van der Waals surface area contributed by atoms with E-state index >= 15 is 4.39 Å². The zero-order chi connectivity index (χ0) is 26.5. The molecule has 1 saturated heterocycles. The highest BCUT2D eigenvalue weighted by Gasteiger charge is 2.61. The molecule has 2 heterocycles. The van der Waals surface area contributed by atoms with E-state index in [4.69, 9.17) is 19.3 Å². The molecule has 0 saturated carbocycles. The van der Waals surface area contributed by atoms with E-state index in [0.29, 0.717) is 5.57 Å². The van der Waals surface area contributed by atoms with Crippen LogP contribution in [0, 0.1) is 0 Å². The Hall–Kier alpha value is -1.34. The number of alkyl halides is 1. The summed E-state index contributed by atoms with van der Waals surface area (Å²) in [7, 11) is -4.66. The topological polar surface area (TPSA) is 88.6 Å². The Kier molecular flexibility index (Phi) is 7.88. The SMILES string of the molecule is C=C(C)[C@]1(CO[Si](C)(C)C(C)(C)C)O[C@@H](n2ccc(N)nc2=O)[C@H](F)C1O[Si](C)(C)C(C)(C)C. The minimum absolute atomic E-state index is 0.0516. The van der Waals surface area contributed by atoms with Gasteiger partial charge in [0.25, 0.3) is 0 Å². The van der Waals surface area contributed by atoms with Crippen LogP contribution in [-0.4, -0.2) is 50.7 Å². The molecule has 2 N–H and O–H groups in total. The van der Waals surface area contributed by atoms with E-state index in [0.717, 1.165) is 4.57 Å². The highest BCUT2D eigenvalue weighted by Crippen LogP contribution is 2.49. The molecule has 1 unspecified atom stereocenters. The Morgan fingerprint density at radius 3 is 2.18 bits per heavy atom. The van der Waals surface area contributed by atoms with Crippen molar-refractivity contribution in [1.82, 2.24) is 9.55 Å². The molecule has 4 atom stereocenters. The fourth-order valence-electron chi connectivity index (χ4n) is 3.33. The normalized spacial score (nSPS) is 26.6. The lowest BCUT2D eigenvalue weighted by Crippen LogP contribution is -2.57. The molecule has 0 aromatic carbocycles. The molecule has 0 amide bonds. The number of halogens is 1. The van der Waals surface area contributed by atoms with Crippen molar-refractivity contribution < 1.29 is 18.0 Å². The van der Waals surface area contributed by atoms with E-state index in [9.17, 15) is 4.79 Å². The molecule has 2 rings (SSSR count). The third-order valence-corrected chi connectivity index (χ3v) is 16.8. The molecule has 1 aliphatic rings. The van der Waals surface area contributed by atoms with Gasteiger partial charge in [-0.3, -0.25) is 4.57 Å². The first-order valence-corrected chi connectivity index (χ1v) is 17.6. The van der Waals surface area contributed by atoms with Gasteiger partial charge < -0.3 is 19.3 Å². The minimum atomic E-state index is -2.44. The van der Waals surface area contributed by atoms with Crippen molar-refractivity contribution in [2.45, 2.75) is 109 Å². The predicted molar refractivity (Wildman–Crippen MR) is 141 cm³/mol. The summed E-state index contributed by atoms with van der Waals surface area (Å²) in [5.74, 6) is 0.0659. The number of anilines is 1. The molecule has 1 aliphatic heterocycles. The number of rotatable bonds is 7. The zero-order valence-electron chi connectivity index (χ0n) is 22.8. The van der Waals surface area contributed by atoms with Crippen LogP contribution in [-0.2, 0) is 13.6 Å². The fourth-order valence-corrected chi connectivity index (χ4v) is 5.64. The molecule has 194 valence electrons. The maximum Gasteiger partial charge on any atom is 0.351 e. The Morgan fingerprint density at radius 2 is 1.74 bits per heavy atom. The molecular weight excluding hydrogens is 469 g/mol. The number of hydrogen-bond donors (Lipinski definition) is 1. The first-order valence-electron chi connectivity index (χ1n) is 11.8. The van der Waals surface area contributed by atoms with E-state index in [2.05, 4.69) is 79.3 Å². The van der Waals surface area contributed by atoms with Crippen molar-refractivity contribution in [1.29, 1.82) is 0 Å². The fraction of sp³-hybridized carbons (Fsp3) is 0.750. The van der Waals surface area contributed by atoms with Crippen molar-refractivity contribution >= 4 is 22.5 Å². The first-order chi connectivity index (χ1) is 15.2. The van der Waals surface area contributed by atoms with Gasteiger partial charge in [-0.2, -0.15) is 4.98 Å². The van der Waals surface area contributed by atoms with Gasteiger partial charge in [0.1, 0.15) is 17.5 Å². The van der Waals surface area contributed by atoms with Gasteiger partial charge in [-0.1, -0.05) is 48.1 Å². The average molecular weight is 514 g/mol. The lowest BCUT2D eigenvalue weighted by atomic mass is 9.90. The highest BCUT2D eigenvalue weighted by molar-refractivity contribution is 6.74. The third kappa shape index (κ3) is 5.40. The van der Waals surface area contributed by atoms with Crippen LogP contribution < -0.4 is 11.4 Å². The number of nitrogens with two attached hydrogens (primary N) is 1. The maximum atomic E-state index is 16.3. The predicted octanol–water partition coefficient (Wildman–Crippen LogP) is 5.42. The maximum absolute atomic E-state index is 16.3. The minimum Gasteiger partial charge on any atom is -0.413 e. The van der Waals surface area contributed by atoms with E-state index in [1.165, 1.54) is 12.3 Å². The highest BCUT2D eigenvalue weighted by atomic mass is 28.4. The van der Waals surface area contributed by atoms with Gasteiger partial charge in [-0.05, 0) is 54.8 Å².